The van der Waals surface area contributed by atoms with E-state index in [9.17, 15) is 9.18 Å². The van der Waals surface area contributed by atoms with Crippen molar-refractivity contribution in [1.29, 1.82) is 0 Å². The highest BCUT2D eigenvalue weighted by Crippen LogP contribution is 2.13. The van der Waals surface area contributed by atoms with Gasteiger partial charge in [-0.25, -0.2) is 9.18 Å². The first-order valence-electron chi connectivity index (χ1n) is 7.15. The number of likely N-dealkylation sites (N-methyl/N-ethyl adjacent to an activating group) is 1. The highest BCUT2D eigenvalue weighted by Gasteiger charge is 2.13. The van der Waals surface area contributed by atoms with Gasteiger partial charge >= 0.3 is 6.03 Å². The normalized spacial score (nSPS) is 10.6. The van der Waals surface area contributed by atoms with Crippen LogP contribution in [0.2, 0.25) is 0 Å². The van der Waals surface area contributed by atoms with E-state index in [0.717, 1.165) is 17.8 Å². The fraction of sp³-hybridized carbons (Fsp3) is 0.375. The van der Waals surface area contributed by atoms with Crippen molar-refractivity contribution in [3.63, 3.8) is 0 Å². The lowest BCUT2D eigenvalue weighted by atomic mass is 10.1. The molecule has 0 aliphatic carbocycles. The average molecular weight is 304 g/mol. The van der Waals surface area contributed by atoms with E-state index in [1.165, 1.54) is 29.8 Å². The Balaban J connectivity index is 1.92. The van der Waals surface area contributed by atoms with E-state index in [2.05, 4.69) is 10.4 Å². The van der Waals surface area contributed by atoms with Crippen LogP contribution in [0, 0.1) is 19.7 Å². The first-order chi connectivity index (χ1) is 10.4. The van der Waals surface area contributed by atoms with Crippen LogP contribution in [0.15, 0.2) is 24.3 Å². The number of aromatic nitrogens is 2. The zero-order chi connectivity index (χ0) is 16.3. The van der Waals surface area contributed by atoms with Crippen molar-refractivity contribution < 1.29 is 9.18 Å². The van der Waals surface area contributed by atoms with Crippen molar-refractivity contribution in [3.8, 4) is 0 Å². The number of hydrogen-bond acceptors (Lipinski definition) is 2. The molecule has 2 aromatic rings. The Kier molecular flexibility index (Phi) is 4.80. The number of amides is 2. The minimum atomic E-state index is -0.325. The zero-order valence-electron chi connectivity index (χ0n) is 13.4. The van der Waals surface area contributed by atoms with E-state index < -0.39 is 0 Å². The molecule has 0 bridgehead atoms. The number of hydrogen-bond donors (Lipinski definition) is 1. The Hall–Kier alpha value is -2.37. The summed E-state index contributed by atoms with van der Waals surface area (Å²) in [5.74, 6) is -0.325. The van der Waals surface area contributed by atoms with Gasteiger partial charge in [0.15, 0.2) is 0 Å². The molecule has 118 valence electrons. The van der Waals surface area contributed by atoms with Gasteiger partial charge in [-0.2, -0.15) is 5.10 Å². The van der Waals surface area contributed by atoms with Gasteiger partial charge in [-0.3, -0.25) is 4.68 Å². The summed E-state index contributed by atoms with van der Waals surface area (Å²) in [4.78, 5) is 13.7. The van der Waals surface area contributed by atoms with Crippen molar-refractivity contribution in [1.82, 2.24) is 14.7 Å². The summed E-state index contributed by atoms with van der Waals surface area (Å²) in [7, 11) is 3.65. The molecule has 6 heteroatoms. The molecule has 1 heterocycles. The smallest absolute Gasteiger partial charge is 0.321 e. The second-order valence-electron chi connectivity index (χ2n) is 5.38. The standard InChI is InChI=1S/C16H21FN4O/c1-11-15(12(2)21(4)19-11)9-10-20(3)16(22)18-14-7-5-13(17)6-8-14/h5-8H,9-10H2,1-4H3,(H,18,22). The third kappa shape index (κ3) is 3.63. The molecule has 1 aromatic heterocycles. The minimum absolute atomic E-state index is 0.217. The fourth-order valence-electron chi connectivity index (χ4n) is 2.31. The van der Waals surface area contributed by atoms with Gasteiger partial charge in [0, 0.05) is 32.0 Å². The van der Waals surface area contributed by atoms with Gasteiger partial charge in [-0.1, -0.05) is 0 Å². The molecule has 22 heavy (non-hydrogen) atoms. The molecular formula is C16H21FN4O. The van der Waals surface area contributed by atoms with Gasteiger partial charge < -0.3 is 10.2 Å². The molecule has 0 spiro atoms. The van der Waals surface area contributed by atoms with E-state index in [1.54, 1.807) is 11.9 Å². The SMILES string of the molecule is Cc1nn(C)c(C)c1CCN(C)C(=O)Nc1ccc(F)cc1. The third-order valence-corrected chi connectivity index (χ3v) is 3.80. The summed E-state index contributed by atoms with van der Waals surface area (Å²) in [6.07, 6.45) is 0.749. The Morgan fingerprint density at radius 1 is 1.32 bits per heavy atom. The highest BCUT2D eigenvalue weighted by molar-refractivity contribution is 5.89. The van der Waals surface area contributed by atoms with E-state index >= 15 is 0 Å². The Morgan fingerprint density at radius 3 is 2.50 bits per heavy atom. The zero-order valence-corrected chi connectivity index (χ0v) is 13.4. The van der Waals surface area contributed by atoms with E-state index in [1.807, 2.05) is 25.6 Å². The summed E-state index contributed by atoms with van der Waals surface area (Å²) in [5, 5.41) is 7.11. The summed E-state index contributed by atoms with van der Waals surface area (Å²) < 4.78 is 14.7. The molecule has 0 saturated heterocycles. The van der Waals surface area contributed by atoms with E-state index in [-0.39, 0.29) is 11.8 Å². The monoisotopic (exact) mass is 304 g/mol. The van der Waals surface area contributed by atoms with Crippen molar-refractivity contribution >= 4 is 11.7 Å². The summed E-state index contributed by atoms with van der Waals surface area (Å²) in [6.45, 7) is 4.58. The van der Waals surface area contributed by atoms with Crippen LogP contribution in [0.25, 0.3) is 0 Å². The molecule has 1 N–H and O–H groups in total. The third-order valence-electron chi connectivity index (χ3n) is 3.80. The first-order valence-corrected chi connectivity index (χ1v) is 7.15. The highest BCUT2D eigenvalue weighted by atomic mass is 19.1. The van der Waals surface area contributed by atoms with Crippen LogP contribution in [0.3, 0.4) is 0 Å². The summed E-state index contributed by atoms with van der Waals surface area (Å²) in [5.41, 5.74) is 3.85. The number of rotatable bonds is 4. The fourth-order valence-corrected chi connectivity index (χ4v) is 2.31. The van der Waals surface area contributed by atoms with Gasteiger partial charge in [0.05, 0.1) is 5.69 Å². The molecule has 1 aromatic carbocycles. The van der Waals surface area contributed by atoms with Crippen LogP contribution in [0.5, 0.6) is 0 Å². The lowest BCUT2D eigenvalue weighted by molar-refractivity contribution is 0.223. The van der Waals surface area contributed by atoms with E-state index in [4.69, 9.17) is 0 Å². The van der Waals surface area contributed by atoms with Crippen LogP contribution in [0.1, 0.15) is 17.0 Å². The Morgan fingerprint density at radius 2 is 1.95 bits per heavy atom. The van der Waals surface area contributed by atoms with Crippen LogP contribution >= 0.6 is 0 Å². The molecule has 0 saturated carbocycles. The minimum Gasteiger partial charge on any atom is -0.327 e. The van der Waals surface area contributed by atoms with Crippen LogP contribution in [-0.4, -0.2) is 34.3 Å². The van der Waals surface area contributed by atoms with E-state index in [0.29, 0.717) is 12.2 Å². The topological polar surface area (TPSA) is 50.2 Å². The Bertz CT molecular complexity index is 664. The van der Waals surface area contributed by atoms with Gasteiger partial charge in [0.2, 0.25) is 0 Å². The van der Waals surface area contributed by atoms with Gasteiger partial charge in [0.1, 0.15) is 5.82 Å². The maximum atomic E-state index is 12.8. The maximum Gasteiger partial charge on any atom is 0.321 e. The van der Waals surface area contributed by atoms with Crippen molar-refractivity contribution in [3.05, 3.63) is 47.0 Å². The van der Waals surface area contributed by atoms with Gasteiger partial charge in [-0.05, 0) is 50.1 Å². The molecule has 5 nitrogen and oxygen atoms in total. The second-order valence-corrected chi connectivity index (χ2v) is 5.38. The number of carbonyl (C=O) groups is 1. The molecule has 0 atom stereocenters. The lowest BCUT2D eigenvalue weighted by Crippen LogP contribution is -2.33. The number of urea groups is 1. The maximum absolute atomic E-state index is 12.8. The molecule has 2 rings (SSSR count). The van der Waals surface area contributed by atoms with Crippen LogP contribution in [0.4, 0.5) is 14.9 Å². The number of benzene rings is 1. The molecule has 0 fully saturated rings. The second kappa shape index (κ2) is 6.60. The number of nitrogens with one attached hydrogen (secondary N) is 1. The van der Waals surface area contributed by atoms with Gasteiger partial charge in [0.25, 0.3) is 0 Å². The lowest BCUT2D eigenvalue weighted by Gasteiger charge is -2.18. The average Bonchev–Trinajstić information content (AvgIpc) is 2.72. The number of aryl methyl sites for hydroxylation is 2. The summed E-state index contributed by atoms with van der Waals surface area (Å²) >= 11 is 0. The van der Waals surface area contributed by atoms with Crippen molar-refractivity contribution in [2.24, 2.45) is 7.05 Å². The number of carbonyl (C=O) groups excluding carboxylic acids is 1. The predicted octanol–water partition coefficient (Wildman–Crippen LogP) is 2.88. The predicted molar refractivity (Wildman–Crippen MR) is 84.4 cm³/mol. The van der Waals surface area contributed by atoms with Crippen LogP contribution in [-0.2, 0) is 13.5 Å². The molecule has 0 unspecified atom stereocenters. The quantitative estimate of drug-likeness (QED) is 0.944. The first kappa shape index (κ1) is 16.0. The largest absolute Gasteiger partial charge is 0.327 e. The molecule has 0 radical (unpaired) electrons. The number of nitrogens with zero attached hydrogens (tertiary/aromatic N) is 3. The molecule has 0 aliphatic rings. The van der Waals surface area contributed by atoms with Gasteiger partial charge in [-0.15, -0.1) is 0 Å². The Labute approximate surface area is 129 Å². The molecule has 2 amide bonds. The summed E-state index contributed by atoms with van der Waals surface area (Å²) in [6, 6.07) is 5.49. The van der Waals surface area contributed by atoms with Crippen LogP contribution < -0.4 is 5.32 Å². The molecule has 0 aliphatic heterocycles. The van der Waals surface area contributed by atoms with Crippen molar-refractivity contribution in [2.45, 2.75) is 20.3 Å². The number of anilines is 1. The van der Waals surface area contributed by atoms with Crippen molar-refractivity contribution in [2.75, 3.05) is 18.9 Å². The number of halogens is 1. The molecular weight excluding hydrogens is 283 g/mol.